The Kier molecular flexibility index (Phi) is 4.00. The summed E-state index contributed by atoms with van der Waals surface area (Å²) in [4.78, 5) is 20.8. The van der Waals surface area contributed by atoms with Crippen LogP contribution in [-0.4, -0.2) is 23.2 Å². The van der Waals surface area contributed by atoms with Crippen molar-refractivity contribution in [2.24, 2.45) is 16.8 Å². The van der Waals surface area contributed by atoms with Crippen molar-refractivity contribution in [1.82, 2.24) is 0 Å². The topological polar surface area (TPSA) is 92.8 Å². The second-order valence-corrected chi connectivity index (χ2v) is 3.97. The lowest BCUT2D eigenvalue weighted by Gasteiger charge is -2.25. The molecule has 80 valence electrons. The van der Waals surface area contributed by atoms with Gasteiger partial charge < -0.3 is 10.8 Å². The standard InChI is InChI=1S/C9H16N2O3/c10-8(9(12)13)5-6-2-1-3-7(4-6)11-14/h6-8H,1-5,10H2,(H,12,13). The van der Waals surface area contributed by atoms with Crippen molar-refractivity contribution >= 4 is 5.97 Å². The zero-order valence-corrected chi connectivity index (χ0v) is 8.06. The van der Waals surface area contributed by atoms with Crippen LogP contribution in [0.5, 0.6) is 0 Å². The maximum Gasteiger partial charge on any atom is 0.320 e. The number of carboxylic acids is 1. The summed E-state index contributed by atoms with van der Waals surface area (Å²) in [6, 6.07) is -0.930. The smallest absolute Gasteiger partial charge is 0.320 e. The highest BCUT2D eigenvalue weighted by Crippen LogP contribution is 2.29. The second kappa shape index (κ2) is 5.05. The first-order chi connectivity index (χ1) is 6.63. The van der Waals surface area contributed by atoms with E-state index in [9.17, 15) is 9.70 Å². The summed E-state index contributed by atoms with van der Waals surface area (Å²) >= 11 is 0. The molecule has 0 spiro atoms. The van der Waals surface area contributed by atoms with Gasteiger partial charge in [-0.2, -0.15) is 4.91 Å². The lowest BCUT2D eigenvalue weighted by Crippen LogP contribution is -2.34. The highest BCUT2D eigenvalue weighted by Gasteiger charge is 2.25. The maximum atomic E-state index is 10.5. The third-order valence-electron chi connectivity index (χ3n) is 2.81. The Bertz CT molecular complexity index is 220. The first-order valence-corrected chi connectivity index (χ1v) is 4.94. The molecule has 3 unspecified atom stereocenters. The monoisotopic (exact) mass is 200 g/mol. The average Bonchev–Trinajstić information content (AvgIpc) is 2.18. The van der Waals surface area contributed by atoms with Gasteiger partial charge in [0.15, 0.2) is 0 Å². The van der Waals surface area contributed by atoms with Gasteiger partial charge in [-0.25, -0.2) is 0 Å². The first-order valence-electron chi connectivity index (χ1n) is 4.94. The molecule has 0 aromatic heterocycles. The van der Waals surface area contributed by atoms with Gasteiger partial charge in [0, 0.05) is 0 Å². The summed E-state index contributed by atoms with van der Waals surface area (Å²) in [5.41, 5.74) is 5.43. The van der Waals surface area contributed by atoms with E-state index in [1.54, 1.807) is 0 Å². The van der Waals surface area contributed by atoms with Crippen LogP contribution in [0, 0.1) is 10.8 Å². The molecule has 1 rings (SSSR count). The highest BCUT2D eigenvalue weighted by atomic mass is 16.4. The molecule has 3 N–H and O–H groups in total. The fourth-order valence-corrected chi connectivity index (χ4v) is 2.03. The van der Waals surface area contributed by atoms with Gasteiger partial charge in [-0.05, 0) is 25.2 Å². The van der Waals surface area contributed by atoms with Crippen LogP contribution >= 0.6 is 0 Å². The van der Waals surface area contributed by atoms with Crippen molar-refractivity contribution in [1.29, 1.82) is 0 Å². The molecule has 1 fully saturated rings. The van der Waals surface area contributed by atoms with Gasteiger partial charge in [-0.3, -0.25) is 4.79 Å². The summed E-state index contributed by atoms with van der Waals surface area (Å²) < 4.78 is 0. The van der Waals surface area contributed by atoms with Gasteiger partial charge in [-0.1, -0.05) is 18.0 Å². The van der Waals surface area contributed by atoms with Crippen molar-refractivity contribution < 1.29 is 9.90 Å². The molecule has 0 heterocycles. The molecule has 0 saturated heterocycles. The Morgan fingerprint density at radius 2 is 2.29 bits per heavy atom. The second-order valence-electron chi connectivity index (χ2n) is 3.97. The Hall–Kier alpha value is -0.970. The molecule has 0 aromatic rings. The van der Waals surface area contributed by atoms with Gasteiger partial charge in [0.25, 0.3) is 0 Å². The van der Waals surface area contributed by atoms with Crippen molar-refractivity contribution in [2.75, 3.05) is 0 Å². The summed E-state index contributed by atoms with van der Waals surface area (Å²) in [5.74, 6) is -0.719. The van der Waals surface area contributed by atoms with Crippen molar-refractivity contribution in [3.63, 3.8) is 0 Å². The van der Waals surface area contributed by atoms with Gasteiger partial charge in [0.05, 0.1) is 6.04 Å². The molecule has 0 bridgehead atoms. The Labute approximate surface area is 82.6 Å². The van der Waals surface area contributed by atoms with E-state index in [1.165, 1.54) is 0 Å². The third-order valence-corrected chi connectivity index (χ3v) is 2.81. The lowest BCUT2D eigenvalue weighted by molar-refractivity contribution is -0.139. The normalized spacial score (nSPS) is 29.5. The van der Waals surface area contributed by atoms with E-state index in [2.05, 4.69) is 5.18 Å². The lowest BCUT2D eigenvalue weighted by atomic mass is 9.82. The highest BCUT2D eigenvalue weighted by molar-refractivity contribution is 5.73. The predicted molar refractivity (Wildman–Crippen MR) is 51.8 cm³/mol. The first kappa shape index (κ1) is 11.1. The number of hydrogen-bond donors (Lipinski definition) is 2. The molecule has 0 aliphatic heterocycles. The van der Waals surface area contributed by atoms with Crippen LogP contribution in [0.3, 0.4) is 0 Å². The molecule has 5 nitrogen and oxygen atoms in total. The fraction of sp³-hybridized carbons (Fsp3) is 0.889. The number of aliphatic carboxylic acids is 1. The predicted octanol–water partition coefficient (Wildman–Crippen LogP) is 1.11. The summed E-state index contributed by atoms with van der Waals surface area (Å²) in [6.07, 6.45) is 3.91. The zero-order chi connectivity index (χ0) is 10.6. The Morgan fingerprint density at radius 1 is 1.57 bits per heavy atom. The largest absolute Gasteiger partial charge is 0.480 e. The van der Waals surface area contributed by atoms with Crippen LogP contribution in [0.4, 0.5) is 0 Å². The molecule has 1 saturated carbocycles. The van der Waals surface area contributed by atoms with Crippen LogP contribution in [0.2, 0.25) is 0 Å². The number of carboxylic acid groups (broad SMARTS) is 1. The number of carbonyl (C=O) groups is 1. The van der Waals surface area contributed by atoms with Crippen LogP contribution in [0.15, 0.2) is 5.18 Å². The molecule has 3 atom stereocenters. The molecule has 1 aliphatic carbocycles. The van der Waals surface area contributed by atoms with Gasteiger partial charge >= 0.3 is 5.97 Å². The van der Waals surface area contributed by atoms with E-state index in [-0.39, 0.29) is 12.0 Å². The molecular weight excluding hydrogens is 184 g/mol. The van der Waals surface area contributed by atoms with Gasteiger partial charge in [0.1, 0.15) is 6.04 Å². The van der Waals surface area contributed by atoms with Crippen molar-refractivity contribution in [3.05, 3.63) is 4.91 Å². The minimum absolute atomic E-state index is 0.130. The quantitative estimate of drug-likeness (QED) is 0.665. The van der Waals surface area contributed by atoms with Crippen LogP contribution in [0.1, 0.15) is 32.1 Å². The van der Waals surface area contributed by atoms with Gasteiger partial charge in [0.2, 0.25) is 0 Å². The van der Waals surface area contributed by atoms with Crippen LogP contribution in [0.25, 0.3) is 0 Å². The maximum absolute atomic E-state index is 10.5. The third kappa shape index (κ3) is 3.06. The average molecular weight is 200 g/mol. The molecule has 14 heavy (non-hydrogen) atoms. The Balaban J connectivity index is 2.37. The van der Waals surface area contributed by atoms with E-state index in [1.807, 2.05) is 0 Å². The van der Waals surface area contributed by atoms with Crippen LogP contribution < -0.4 is 5.73 Å². The zero-order valence-electron chi connectivity index (χ0n) is 8.06. The molecule has 5 heteroatoms. The van der Waals surface area contributed by atoms with E-state index in [4.69, 9.17) is 10.8 Å². The number of rotatable bonds is 4. The molecular formula is C9H16N2O3. The molecule has 1 aliphatic rings. The summed E-state index contributed by atoms with van der Waals surface area (Å²) in [5, 5.41) is 11.6. The number of nitrogens with two attached hydrogens (primary N) is 1. The minimum Gasteiger partial charge on any atom is -0.480 e. The molecule has 0 amide bonds. The van der Waals surface area contributed by atoms with E-state index < -0.39 is 12.0 Å². The van der Waals surface area contributed by atoms with Crippen LogP contribution in [-0.2, 0) is 4.79 Å². The summed E-state index contributed by atoms with van der Waals surface area (Å²) in [6.45, 7) is 0. The number of hydrogen-bond acceptors (Lipinski definition) is 4. The molecule has 0 radical (unpaired) electrons. The number of nitroso groups, excluding NO2 is 1. The van der Waals surface area contributed by atoms with Crippen molar-refractivity contribution in [3.8, 4) is 0 Å². The van der Waals surface area contributed by atoms with E-state index in [0.717, 1.165) is 19.3 Å². The van der Waals surface area contributed by atoms with Gasteiger partial charge in [-0.15, -0.1) is 0 Å². The fourth-order valence-electron chi connectivity index (χ4n) is 2.03. The van der Waals surface area contributed by atoms with E-state index >= 15 is 0 Å². The van der Waals surface area contributed by atoms with Crippen molar-refractivity contribution in [2.45, 2.75) is 44.2 Å². The summed E-state index contributed by atoms with van der Waals surface area (Å²) in [7, 11) is 0. The molecule has 0 aromatic carbocycles. The SMILES string of the molecule is NC(CC1CCCC(N=O)C1)C(=O)O. The Morgan fingerprint density at radius 3 is 2.86 bits per heavy atom. The number of nitrogens with zero attached hydrogens (tertiary/aromatic N) is 1. The van der Waals surface area contributed by atoms with E-state index in [0.29, 0.717) is 12.8 Å². The minimum atomic E-state index is -0.966.